The highest BCUT2D eigenvalue weighted by Crippen LogP contribution is 2.26. The molecule has 1 amide bonds. The van der Waals surface area contributed by atoms with Crippen LogP contribution in [-0.2, 0) is 4.79 Å². The third-order valence-corrected chi connectivity index (χ3v) is 4.71. The predicted molar refractivity (Wildman–Crippen MR) is 97.7 cm³/mol. The number of anilines is 1. The number of aromatic nitrogens is 4. The monoisotopic (exact) mass is 363 g/mol. The molecule has 0 spiro atoms. The number of carbonyl (C=O) groups excluding carboxylic acids is 1. The average Bonchev–Trinajstić information content (AvgIpc) is 3.12. The first-order chi connectivity index (χ1) is 11.4. The largest absolute Gasteiger partial charge is 0.333 e. The first-order valence-electron chi connectivity index (χ1n) is 7.60. The molecule has 0 saturated heterocycles. The Morgan fingerprint density at radius 3 is 2.88 bits per heavy atom. The molecule has 0 fully saturated rings. The predicted octanol–water partition coefficient (Wildman–Crippen LogP) is 4.11. The zero-order chi connectivity index (χ0) is 17.3. The third-order valence-electron chi connectivity index (χ3n) is 3.49. The molecule has 126 valence electrons. The number of hydrogen-bond donors (Lipinski definition) is 2. The van der Waals surface area contributed by atoms with Crippen LogP contribution in [0.25, 0.3) is 11.0 Å². The lowest BCUT2D eigenvalue weighted by atomic mass is 10.3. The summed E-state index contributed by atoms with van der Waals surface area (Å²) in [4.78, 5) is 20.1. The lowest BCUT2D eigenvalue weighted by Crippen LogP contribution is -2.24. The maximum absolute atomic E-state index is 12.4. The summed E-state index contributed by atoms with van der Waals surface area (Å²) in [6.07, 6.45) is 1.68. The average molecular weight is 364 g/mol. The standard InChI is InChI=1S/C16H18ClN5OS/c1-9(2)22-14(6-7-18-22)21-15(23)10(3)24-16-19-12-5-4-11(17)8-13(12)20-16/h4-10H,1-3H3,(H,19,20)(H,21,23). The Morgan fingerprint density at radius 2 is 2.12 bits per heavy atom. The van der Waals surface area contributed by atoms with Crippen molar-refractivity contribution < 1.29 is 4.79 Å². The number of H-pyrrole nitrogens is 1. The summed E-state index contributed by atoms with van der Waals surface area (Å²) < 4.78 is 1.78. The molecule has 0 aliphatic rings. The number of halogens is 1. The summed E-state index contributed by atoms with van der Waals surface area (Å²) >= 11 is 7.34. The zero-order valence-corrected chi connectivity index (χ0v) is 15.1. The Morgan fingerprint density at radius 1 is 1.33 bits per heavy atom. The number of benzene rings is 1. The molecule has 0 aliphatic heterocycles. The highest BCUT2D eigenvalue weighted by molar-refractivity contribution is 8.00. The fraction of sp³-hybridized carbons (Fsp3) is 0.312. The van der Waals surface area contributed by atoms with Crippen LogP contribution in [0.2, 0.25) is 5.02 Å². The second kappa shape index (κ2) is 6.86. The first-order valence-corrected chi connectivity index (χ1v) is 8.86. The van der Waals surface area contributed by atoms with Gasteiger partial charge in [0, 0.05) is 17.1 Å². The quantitative estimate of drug-likeness (QED) is 0.669. The second-order valence-electron chi connectivity index (χ2n) is 5.71. The van der Waals surface area contributed by atoms with E-state index in [9.17, 15) is 4.79 Å². The topological polar surface area (TPSA) is 75.6 Å². The van der Waals surface area contributed by atoms with Crippen molar-refractivity contribution in [2.24, 2.45) is 0 Å². The minimum absolute atomic E-state index is 0.0964. The minimum Gasteiger partial charge on any atom is -0.333 e. The Bertz CT molecular complexity index is 872. The van der Waals surface area contributed by atoms with E-state index in [4.69, 9.17) is 11.6 Å². The number of fused-ring (bicyclic) bond motifs is 1. The van der Waals surface area contributed by atoms with Crippen LogP contribution in [0.4, 0.5) is 5.82 Å². The third kappa shape index (κ3) is 3.57. The molecule has 6 nitrogen and oxygen atoms in total. The summed E-state index contributed by atoms with van der Waals surface area (Å²) in [5.74, 6) is 0.597. The molecule has 0 aliphatic carbocycles. The molecule has 0 saturated carbocycles. The normalized spacial score (nSPS) is 12.7. The summed E-state index contributed by atoms with van der Waals surface area (Å²) in [7, 11) is 0. The Kier molecular flexibility index (Phi) is 4.82. The number of thioether (sulfide) groups is 1. The van der Waals surface area contributed by atoms with Crippen LogP contribution in [-0.4, -0.2) is 30.9 Å². The van der Waals surface area contributed by atoms with Gasteiger partial charge in [0.25, 0.3) is 0 Å². The van der Waals surface area contributed by atoms with Crippen molar-refractivity contribution in [3.8, 4) is 0 Å². The van der Waals surface area contributed by atoms with E-state index in [1.54, 1.807) is 23.0 Å². The van der Waals surface area contributed by atoms with E-state index in [-0.39, 0.29) is 17.2 Å². The van der Waals surface area contributed by atoms with E-state index < -0.39 is 0 Å². The van der Waals surface area contributed by atoms with Crippen LogP contribution in [0.5, 0.6) is 0 Å². The Labute approximate surface area is 149 Å². The van der Waals surface area contributed by atoms with Crippen molar-refractivity contribution in [1.82, 2.24) is 19.7 Å². The van der Waals surface area contributed by atoms with Gasteiger partial charge in [-0.3, -0.25) is 4.79 Å². The van der Waals surface area contributed by atoms with Gasteiger partial charge in [0.15, 0.2) is 5.16 Å². The number of carbonyl (C=O) groups is 1. The van der Waals surface area contributed by atoms with Crippen molar-refractivity contribution in [3.63, 3.8) is 0 Å². The van der Waals surface area contributed by atoms with Gasteiger partial charge in [-0.25, -0.2) is 9.67 Å². The van der Waals surface area contributed by atoms with E-state index in [2.05, 4.69) is 20.4 Å². The highest BCUT2D eigenvalue weighted by atomic mass is 35.5. The Hall–Kier alpha value is -1.99. The smallest absolute Gasteiger partial charge is 0.238 e. The van der Waals surface area contributed by atoms with Crippen LogP contribution < -0.4 is 5.32 Å². The zero-order valence-electron chi connectivity index (χ0n) is 13.6. The number of nitrogens with one attached hydrogen (secondary N) is 2. The fourth-order valence-electron chi connectivity index (χ4n) is 2.29. The van der Waals surface area contributed by atoms with E-state index in [0.29, 0.717) is 16.0 Å². The molecule has 3 aromatic rings. The molecule has 1 atom stereocenters. The lowest BCUT2D eigenvalue weighted by molar-refractivity contribution is -0.115. The van der Waals surface area contributed by atoms with Crippen molar-refractivity contribution >= 4 is 46.1 Å². The van der Waals surface area contributed by atoms with Crippen molar-refractivity contribution in [2.75, 3.05) is 5.32 Å². The van der Waals surface area contributed by atoms with Gasteiger partial charge >= 0.3 is 0 Å². The number of hydrogen-bond acceptors (Lipinski definition) is 4. The fourth-order valence-corrected chi connectivity index (χ4v) is 3.28. The van der Waals surface area contributed by atoms with Crippen LogP contribution in [0, 0.1) is 0 Å². The lowest BCUT2D eigenvalue weighted by Gasteiger charge is -2.14. The molecule has 1 unspecified atom stereocenters. The number of rotatable bonds is 5. The van der Waals surface area contributed by atoms with Gasteiger partial charge in [-0.15, -0.1) is 0 Å². The molecular formula is C16H18ClN5OS. The van der Waals surface area contributed by atoms with E-state index in [1.165, 1.54) is 11.8 Å². The van der Waals surface area contributed by atoms with E-state index in [1.807, 2.05) is 32.9 Å². The van der Waals surface area contributed by atoms with Gasteiger partial charge in [0.2, 0.25) is 5.91 Å². The number of imidazole rings is 1. The molecule has 2 N–H and O–H groups in total. The summed E-state index contributed by atoms with van der Waals surface area (Å²) in [5.41, 5.74) is 1.68. The van der Waals surface area contributed by atoms with Gasteiger partial charge in [-0.2, -0.15) is 5.10 Å². The SMILES string of the molecule is CC(Sc1nc2ccc(Cl)cc2[nH]1)C(=O)Nc1ccnn1C(C)C. The summed E-state index contributed by atoms with van der Waals surface area (Å²) in [6, 6.07) is 7.43. The number of aromatic amines is 1. The van der Waals surface area contributed by atoms with Crippen LogP contribution in [0.1, 0.15) is 26.8 Å². The molecule has 0 radical (unpaired) electrons. The number of nitrogens with zero attached hydrogens (tertiary/aromatic N) is 3. The van der Waals surface area contributed by atoms with Gasteiger partial charge in [0.05, 0.1) is 22.5 Å². The molecule has 1 aromatic carbocycles. The Balaban J connectivity index is 1.70. The summed E-state index contributed by atoms with van der Waals surface area (Å²) in [5, 5.41) is 8.15. The maximum Gasteiger partial charge on any atom is 0.238 e. The number of amides is 1. The van der Waals surface area contributed by atoms with Crippen molar-refractivity contribution in [3.05, 3.63) is 35.5 Å². The highest BCUT2D eigenvalue weighted by Gasteiger charge is 2.18. The maximum atomic E-state index is 12.4. The molecule has 2 heterocycles. The summed E-state index contributed by atoms with van der Waals surface area (Å²) in [6.45, 7) is 5.87. The second-order valence-corrected chi connectivity index (χ2v) is 7.47. The van der Waals surface area contributed by atoms with Gasteiger partial charge in [0.1, 0.15) is 5.82 Å². The molecule has 3 rings (SSSR count). The molecule has 24 heavy (non-hydrogen) atoms. The first kappa shape index (κ1) is 16.9. The van der Waals surface area contributed by atoms with Crippen molar-refractivity contribution in [2.45, 2.75) is 37.2 Å². The van der Waals surface area contributed by atoms with Crippen LogP contribution in [0.3, 0.4) is 0 Å². The molecule has 2 aromatic heterocycles. The molecular weight excluding hydrogens is 346 g/mol. The van der Waals surface area contributed by atoms with E-state index >= 15 is 0 Å². The van der Waals surface area contributed by atoms with Gasteiger partial charge < -0.3 is 10.3 Å². The molecule has 0 bridgehead atoms. The van der Waals surface area contributed by atoms with Crippen LogP contribution in [0.15, 0.2) is 35.6 Å². The van der Waals surface area contributed by atoms with Crippen molar-refractivity contribution in [1.29, 1.82) is 0 Å². The van der Waals surface area contributed by atoms with Gasteiger partial charge in [-0.05, 0) is 39.0 Å². The van der Waals surface area contributed by atoms with Crippen LogP contribution >= 0.6 is 23.4 Å². The van der Waals surface area contributed by atoms with E-state index in [0.717, 1.165) is 11.0 Å². The van der Waals surface area contributed by atoms with Gasteiger partial charge in [-0.1, -0.05) is 23.4 Å². The molecule has 8 heteroatoms. The minimum atomic E-state index is -0.309.